The van der Waals surface area contributed by atoms with Crippen LogP contribution in [0.5, 0.6) is 0 Å². The molecule has 1 amide bonds. The van der Waals surface area contributed by atoms with E-state index in [0.29, 0.717) is 23.5 Å². The normalized spacial score (nSPS) is 22.4. The zero-order valence-corrected chi connectivity index (χ0v) is 11.2. The van der Waals surface area contributed by atoms with Crippen LogP contribution in [0, 0.1) is 5.92 Å². The summed E-state index contributed by atoms with van der Waals surface area (Å²) >= 11 is 5.01. The predicted molar refractivity (Wildman–Crippen MR) is 71.7 cm³/mol. The molecule has 2 aliphatic rings. The van der Waals surface area contributed by atoms with Crippen molar-refractivity contribution in [3.05, 3.63) is 0 Å². The topological polar surface area (TPSA) is 49.6 Å². The number of amides is 1. The fraction of sp³-hybridized carbons (Fsp3) is 0.833. The van der Waals surface area contributed by atoms with Gasteiger partial charge in [0.05, 0.1) is 11.5 Å². The van der Waals surface area contributed by atoms with Gasteiger partial charge >= 0.3 is 0 Å². The highest BCUT2D eigenvalue weighted by molar-refractivity contribution is 7.80. The number of thiocarbonyl (C=S) groups is 1. The minimum atomic E-state index is 0.251. The molecule has 1 saturated carbocycles. The maximum Gasteiger partial charge on any atom is 0.236 e. The van der Waals surface area contributed by atoms with E-state index >= 15 is 0 Å². The summed E-state index contributed by atoms with van der Waals surface area (Å²) in [5.41, 5.74) is 5.65. The molecule has 2 N–H and O–H groups in total. The monoisotopic (exact) mass is 255 g/mol. The molecule has 1 heterocycles. The second-order valence-electron chi connectivity index (χ2n) is 5.19. The van der Waals surface area contributed by atoms with Gasteiger partial charge in [-0.05, 0) is 38.8 Å². The minimum absolute atomic E-state index is 0.251. The molecule has 1 aliphatic carbocycles. The first-order valence-electron chi connectivity index (χ1n) is 6.35. The van der Waals surface area contributed by atoms with Gasteiger partial charge in [-0.15, -0.1) is 0 Å². The van der Waals surface area contributed by atoms with Crippen LogP contribution in [0.3, 0.4) is 0 Å². The largest absolute Gasteiger partial charge is 0.393 e. The second kappa shape index (κ2) is 5.31. The summed E-state index contributed by atoms with van der Waals surface area (Å²) in [7, 11) is 1.92. The smallest absolute Gasteiger partial charge is 0.236 e. The lowest BCUT2D eigenvalue weighted by Gasteiger charge is -2.32. The Hall–Kier alpha value is -0.680. The Morgan fingerprint density at radius 2 is 1.94 bits per heavy atom. The second-order valence-corrected chi connectivity index (χ2v) is 5.66. The first-order chi connectivity index (χ1) is 8.08. The van der Waals surface area contributed by atoms with Crippen molar-refractivity contribution in [2.45, 2.75) is 31.7 Å². The molecule has 2 rings (SSSR count). The van der Waals surface area contributed by atoms with Gasteiger partial charge in [0.1, 0.15) is 0 Å². The van der Waals surface area contributed by atoms with Crippen molar-refractivity contribution in [1.29, 1.82) is 0 Å². The maximum atomic E-state index is 11.9. The molecule has 0 aromatic rings. The number of hydrogen-bond donors (Lipinski definition) is 1. The zero-order valence-electron chi connectivity index (χ0n) is 10.4. The van der Waals surface area contributed by atoms with Crippen molar-refractivity contribution in [2.24, 2.45) is 11.7 Å². The number of hydrogen-bond acceptors (Lipinski definition) is 3. The third-order valence-electron chi connectivity index (χ3n) is 3.84. The van der Waals surface area contributed by atoms with Crippen LogP contribution in [0.2, 0.25) is 0 Å². The molecule has 4 nitrogen and oxygen atoms in total. The van der Waals surface area contributed by atoms with Crippen LogP contribution >= 0.6 is 12.2 Å². The van der Waals surface area contributed by atoms with Crippen molar-refractivity contribution in [2.75, 3.05) is 26.7 Å². The Kier molecular flexibility index (Phi) is 3.99. The van der Waals surface area contributed by atoms with E-state index in [1.54, 1.807) is 0 Å². The summed E-state index contributed by atoms with van der Waals surface area (Å²) in [5.74, 6) is 0.624. The Bertz CT molecular complexity index is 309. The average Bonchev–Trinajstić information content (AvgIpc) is 3.12. The number of carbonyl (C=O) groups excluding carboxylic acids is 1. The van der Waals surface area contributed by atoms with Gasteiger partial charge in [0, 0.05) is 19.0 Å². The first-order valence-corrected chi connectivity index (χ1v) is 6.76. The number of nitrogens with zero attached hydrogens (tertiary/aromatic N) is 2. The van der Waals surface area contributed by atoms with Gasteiger partial charge in [-0.2, -0.15) is 0 Å². The average molecular weight is 255 g/mol. The zero-order chi connectivity index (χ0) is 12.4. The summed E-state index contributed by atoms with van der Waals surface area (Å²) in [6.07, 6.45) is 4.34. The molecule has 17 heavy (non-hydrogen) atoms. The van der Waals surface area contributed by atoms with Crippen LogP contribution < -0.4 is 5.73 Å². The van der Waals surface area contributed by atoms with Crippen molar-refractivity contribution >= 4 is 23.1 Å². The number of likely N-dealkylation sites (N-methyl/N-ethyl adjacent to an activating group) is 1. The van der Waals surface area contributed by atoms with Crippen LogP contribution in [0.15, 0.2) is 0 Å². The standard InChI is InChI=1S/C12H21N3OS/c1-14(10-2-3-10)11(16)8-15-6-4-9(5-7-15)12(13)17/h9-10H,2-8H2,1H3,(H2,13,17). The van der Waals surface area contributed by atoms with Crippen molar-refractivity contribution in [3.8, 4) is 0 Å². The van der Waals surface area contributed by atoms with E-state index in [4.69, 9.17) is 18.0 Å². The van der Waals surface area contributed by atoms with Crippen molar-refractivity contribution < 1.29 is 4.79 Å². The van der Waals surface area contributed by atoms with E-state index in [1.807, 2.05) is 11.9 Å². The molecule has 0 spiro atoms. The molecular formula is C12H21N3OS. The molecule has 0 atom stereocenters. The van der Waals surface area contributed by atoms with Gasteiger partial charge < -0.3 is 10.6 Å². The highest BCUT2D eigenvalue weighted by Gasteiger charge is 2.31. The van der Waals surface area contributed by atoms with Gasteiger partial charge in [-0.1, -0.05) is 12.2 Å². The van der Waals surface area contributed by atoms with Crippen LogP contribution in [-0.2, 0) is 4.79 Å². The fourth-order valence-electron chi connectivity index (χ4n) is 2.34. The van der Waals surface area contributed by atoms with E-state index in [1.165, 1.54) is 12.8 Å². The minimum Gasteiger partial charge on any atom is -0.393 e. The number of likely N-dealkylation sites (tertiary alicyclic amines) is 1. The highest BCUT2D eigenvalue weighted by atomic mass is 32.1. The molecule has 0 bridgehead atoms. The lowest BCUT2D eigenvalue weighted by molar-refractivity contribution is -0.131. The summed E-state index contributed by atoms with van der Waals surface area (Å²) in [4.78, 5) is 16.7. The third kappa shape index (κ3) is 3.39. The molecule has 2 fully saturated rings. The van der Waals surface area contributed by atoms with Gasteiger partial charge in [0.2, 0.25) is 5.91 Å². The van der Waals surface area contributed by atoms with Crippen LogP contribution in [0.4, 0.5) is 0 Å². The molecule has 0 aromatic carbocycles. The number of piperidine rings is 1. The summed E-state index contributed by atoms with van der Waals surface area (Å²) in [6.45, 7) is 2.43. The SMILES string of the molecule is CN(C(=O)CN1CCC(C(N)=S)CC1)C1CC1. The molecule has 0 aromatic heterocycles. The molecule has 0 radical (unpaired) electrons. The highest BCUT2D eigenvalue weighted by Crippen LogP contribution is 2.25. The number of carbonyl (C=O) groups is 1. The molecule has 96 valence electrons. The number of nitrogens with two attached hydrogens (primary N) is 1. The van der Waals surface area contributed by atoms with Crippen LogP contribution in [0.25, 0.3) is 0 Å². The summed E-state index contributed by atoms with van der Waals surface area (Å²) < 4.78 is 0. The van der Waals surface area contributed by atoms with Gasteiger partial charge in [-0.3, -0.25) is 9.69 Å². The van der Waals surface area contributed by atoms with Crippen molar-refractivity contribution in [1.82, 2.24) is 9.80 Å². The fourth-order valence-corrected chi connectivity index (χ4v) is 2.58. The van der Waals surface area contributed by atoms with Crippen LogP contribution in [-0.4, -0.2) is 53.4 Å². The summed E-state index contributed by atoms with van der Waals surface area (Å²) in [5, 5.41) is 0. The van der Waals surface area contributed by atoms with E-state index in [9.17, 15) is 4.79 Å². The Morgan fingerprint density at radius 1 is 1.35 bits per heavy atom. The molecule has 5 heteroatoms. The number of rotatable bonds is 4. The summed E-state index contributed by atoms with van der Waals surface area (Å²) in [6, 6.07) is 0.511. The van der Waals surface area contributed by atoms with E-state index < -0.39 is 0 Å². The van der Waals surface area contributed by atoms with Gasteiger partial charge in [-0.25, -0.2) is 0 Å². The van der Waals surface area contributed by atoms with E-state index in [2.05, 4.69) is 4.90 Å². The van der Waals surface area contributed by atoms with E-state index in [0.717, 1.165) is 25.9 Å². The Labute approximate surface area is 108 Å². The van der Waals surface area contributed by atoms with Gasteiger partial charge in [0.15, 0.2) is 0 Å². The maximum absolute atomic E-state index is 11.9. The quantitative estimate of drug-likeness (QED) is 0.748. The predicted octanol–water partition coefficient (Wildman–Crippen LogP) is 0.605. The molecule has 1 saturated heterocycles. The van der Waals surface area contributed by atoms with Gasteiger partial charge in [0.25, 0.3) is 0 Å². The molecule has 0 unspecified atom stereocenters. The first kappa shape index (κ1) is 12.8. The lowest BCUT2D eigenvalue weighted by Crippen LogP contribution is -2.44. The molecular weight excluding hydrogens is 234 g/mol. The van der Waals surface area contributed by atoms with Crippen LogP contribution in [0.1, 0.15) is 25.7 Å². The lowest BCUT2D eigenvalue weighted by atomic mass is 9.97. The van der Waals surface area contributed by atoms with Crippen molar-refractivity contribution in [3.63, 3.8) is 0 Å². The third-order valence-corrected chi connectivity index (χ3v) is 4.17. The Balaban J connectivity index is 1.73. The Morgan fingerprint density at radius 3 is 2.41 bits per heavy atom. The van der Waals surface area contributed by atoms with E-state index in [-0.39, 0.29) is 5.91 Å². The molecule has 1 aliphatic heterocycles.